The van der Waals surface area contributed by atoms with Crippen LogP contribution in [0, 0.1) is 5.92 Å². The largest absolute Gasteiger partial charge is 0.241 e. The first-order valence-corrected chi connectivity index (χ1v) is 8.00. The first-order valence-electron chi connectivity index (χ1n) is 7.57. The third-order valence-electron chi connectivity index (χ3n) is 4.25. The zero-order valence-corrected chi connectivity index (χ0v) is 12.5. The van der Waals surface area contributed by atoms with E-state index < -0.39 is 0 Å². The lowest BCUT2D eigenvalue weighted by molar-refractivity contribution is 0.336. The maximum atomic E-state index is 6.59. The van der Waals surface area contributed by atoms with E-state index in [-0.39, 0.29) is 5.38 Å². The van der Waals surface area contributed by atoms with Gasteiger partial charge in [-0.3, -0.25) is 0 Å². The van der Waals surface area contributed by atoms with Gasteiger partial charge < -0.3 is 0 Å². The fraction of sp³-hybridized carbons (Fsp3) is 0.471. The minimum atomic E-state index is 0.0931. The summed E-state index contributed by atoms with van der Waals surface area (Å²) in [5.41, 5.74) is 2.22. The molecule has 1 aromatic heterocycles. The molecule has 2 nitrogen and oxygen atoms in total. The minimum Gasteiger partial charge on any atom is -0.241 e. The fourth-order valence-corrected chi connectivity index (χ4v) is 3.44. The van der Waals surface area contributed by atoms with E-state index in [1.165, 1.54) is 32.1 Å². The van der Waals surface area contributed by atoms with E-state index in [0.717, 1.165) is 23.6 Å². The number of hydrogen-bond donors (Lipinski definition) is 0. The second-order valence-corrected chi connectivity index (χ2v) is 6.29. The molecule has 1 aliphatic rings. The Bertz CT molecular complexity index is 529. The van der Waals surface area contributed by atoms with Gasteiger partial charge in [0.15, 0.2) is 0 Å². The molecule has 3 rings (SSSR count). The summed E-state index contributed by atoms with van der Waals surface area (Å²) in [5.74, 6) is 0.798. The SMILES string of the molecule is ClC(CC1CCCCC1)c1cnn(-c2ccccc2)c1. The highest BCUT2D eigenvalue weighted by Crippen LogP contribution is 2.35. The predicted molar refractivity (Wildman–Crippen MR) is 83.4 cm³/mol. The molecule has 2 aromatic rings. The quantitative estimate of drug-likeness (QED) is 0.714. The first kappa shape index (κ1) is 13.7. The van der Waals surface area contributed by atoms with Crippen LogP contribution in [-0.4, -0.2) is 9.78 Å². The molecule has 0 amide bonds. The molecule has 1 heterocycles. The number of hydrogen-bond acceptors (Lipinski definition) is 1. The second kappa shape index (κ2) is 6.45. The number of alkyl halides is 1. The van der Waals surface area contributed by atoms with Crippen LogP contribution in [0.5, 0.6) is 0 Å². The van der Waals surface area contributed by atoms with E-state index in [9.17, 15) is 0 Å². The van der Waals surface area contributed by atoms with Gasteiger partial charge >= 0.3 is 0 Å². The number of halogens is 1. The molecule has 0 N–H and O–H groups in total. The molecular weight excluding hydrogens is 268 g/mol. The van der Waals surface area contributed by atoms with Gasteiger partial charge in [0.25, 0.3) is 0 Å². The van der Waals surface area contributed by atoms with E-state index in [2.05, 4.69) is 23.4 Å². The van der Waals surface area contributed by atoms with E-state index in [1.807, 2.05) is 29.1 Å². The smallest absolute Gasteiger partial charge is 0.0645 e. The molecule has 1 fully saturated rings. The Kier molecular flexibility index (Phi) is 4.41. The van der Waals surface area contributed by atoms with Gasteiger partial charge in [-0.15, -0.1) is 11.6 Å². The maximum absolute atomic E-state index is 6.59. The summed E-state index contributed by atoms with van der Waals surface area (Å²) in [6, 6.07) is 10.2. The molecule has 20 heavy (non-hydrogen) atoms. The summed E-state index contributed by atoms with van der Waals surface area (Å²) in [4.78, 5) is 0. The van der Waals surface area contributed by atoms with Crippen molar-refractivity contribution in [3.8, 4) is 5.69 Å². The molecule has 3 heteroatoms. The lowest BCUT2D eigenvalue weighted by Gasteiger charge is -2.23. The Labute approximate surface area is 125 Å². The van der Waals surface area contributed by atoms with Crippen LogP contribution in [0.2, 0.25) is 0 Å². The van der Waals surface area contributed by atoms with Crippen molar-refractivity contribution in [2.24, 2.45) is 5.92 Å². The zero-order valence-electron chi connectivity index (χ0n) is 11.7. The number of rotatable bonds is 4. The lowest BCUT2D eigenvalue weighted by atomic mass is 9.85. The highest BCUT2D eigenvalue weighted by molar-refractivity contribution is 6.20. The van der Waals surface area contributed by atoms with Gasteiger partial charge in [-0.1, -0.05) is 50.3 Å². The fourth-order valence-electron chi connectivity index (χ4n) is 3.07. The Morgan fingerprint density at radius 3 is 2.65 bits per heavy atom. The molecular formula is C17H21ClN2. The van der Waals surface area contributed by atoms with Gasteiger partial charge in [0.05, 0.1) is 17.3 Å². The van der Waals surface area contributed by atoms with Crippen LogP contribution >= 0.6 is 11.6 Å². The Hall–Kier alpha value is -1.28. The average Bonchev–Trinajstić information content (AvgIpc) is 2.99. The zero-order chi connectivity index (χ0) is 13.8. The number of para-hydroxylation sites is 1. The Balaban J connectivity index is 1.66. The monoisotopic (exact) mass is 288 g/mol. The van der Waals surface area contributed by atoms with Crippen LogP contribution in [0.15, 0.2) is 42.7 Å². The molecule has 1 atom stereocenters. The summed E-state index contributed by atoms with van der Waals surface area (Å²) in [6.45, 7) is 0. The third kappa shape index (κ3) is 3.24. The molecule has 0 spiro atoms. The predicted octanol–water partition coefficient (Wildman–Crippen LogP) is 5.12. The summed E-state index contributed by atoms with van der Waals surface area (Å²) < 4.78 is 1.91. The van der Waals surface area contributed by atoms with Gasteiger partial charge in [0.2, 0.25) is 0 Å². The minimum absolute atomic E-state index is 0.0931. The number of nitrogens with zero attached hydrogens (tertiary/aromatic N) is 2. The van der Waals surface area contributed by atoms with E-state index in [0.29, 0.717) is 0 Å². The van der Waals surface area contributed by atoms with Crippen molar-refractivity contribution < 1.29 is 0 Å². The standard InChI is InChI=1S/C17H21ClN2/c18-17(11-14-7-3-1-4-8-14)15-12-19-20(13-15)16-9-5-2-6-10-16/h2,5-6,9-10,12-14,17H,1,3-4,7-8,11H2. The lowest BCUT2D eigenvalue weighted by Crippen LogP contribution is -2.08. The molecule has 0 radical (unpaired) electrons. The summed E-state index contributed by atoms with van der Waals surface area (Å²) in [7, 11) is 0. The van der Waals surface area contributed by atoms with Crippen LogP contribution in [-0.2, 0) is 0 Å². The topological polar surface area (TPSA) is 17.8 Å². The van der Waals surface area contributed by atoms with Gasteiger partial charge in [-0.2, -0.15) is 5.10 Å². The second-order valence-electron chi connectivity index (χ2n) is 5.76. The van der Waals surface area contributed by atoms with Crippen LogP contribution in [0.3, 0.4) is 0 Å². The van der Waals surface area contributed by atoms with Gasteiger partial charge in [-0.25, -0.2) is 4.68 Å². The van der Waals surface area contributed by atoms with E-state index in [1.54, 1.807) is 0 Å². The molecule has 0 saturated heterocycles. The van der Waals surface area contributed by atoms with Gasteiger partial charge in [0, 0.05) is 11.8 Å². The van der Waals surface area contributed by atoms with Crippen molar-refractivity contribution in [2.75, 3.05) is 0 Å². The maximum Gasteiger partial charge on any atom is 0.0645 e. The average molecular weight is 289 g/mol. The van der Waals surface area contributed by atoms with Crippen molar-refractivity contribution in [1.29, 1.82) is 0 Å². The molecule has 0 aliphatic heterocycles. The molecule has 0 bridgehead atoms. The van der Waals surface area contributed by atoms with Crippen molar-refractivity contribution >= 4 is 11.6 Å². The van der Waals surface area contributed by atoms with Gasteiger partial charge in [-0.05, 0) is 24.5 Å². The van der Waals surface area contributed by atoms with Crippen molar-refractivity contribution in [1.82, 2.24) is 9.78 Å². The molecule has 1 aliphatic carbocycles. The van der Waals surface area contributed by atoms with Crippen molar-refractivity contribution in [2.45, 2.75) is 43.9 Å². The van der Waals surface area contributed by atoms with E-state index in [4.69, 9.17) is 11.6 Å². The third-order valence-corrected chi connectivity index (χ3v) is 4.68. The first-order chi connectivity index (χ1) is 9.83. The van der Waals surface area contributed by atoms with Crippen molar-refractivity contribution in [3.05, 3.63) is 48.3 Å². The number of benzene rings is 1. The molecule has 1 aromatic carbocycles. The number of aromatic nitrogens is 2. The molecule has 106 valence electrons. The highest BCUT2D eigenvalue weighted by atomic mass is 35.5. The Morgan fingerprint density at radius 1 is 1.15 bits per heavy atom. The molecule has 1 unspecified atom stereocenters. The van der Waals surface area contributed by atoms with Crippen LogP contribution < -0.4 is 0 Å². The normalized spacial score (nSPS) is 18.1. The summed E-state index contributed by atoms with van der Waals surface area (Å²) in [6.07, 6.45) is 11.9. The van der Waals surface area contributed by atoms with Gasteiger partial charge in [0.1, 0.15) is 0 Å². The van der Waals surface area contributed by atoms with Crippen LogP contribution in [0.4, 0.5) is 0 Å². The summed E-state index contributed by atoms with van der Waals surface area (Å²) >= 11 is 6.59. The molecule has 1 saturated carbocycles. The van der Waals surface area contributed by atoms with E-state index >= 15 is 0 Å². The summed E-state index contributed by atoms with van der Waals surface area (Å²) in [5, 5.41) is 4.53. The van der Waals surface area contributed by atoms with Crippen LogP contribution in [0.1, 0.15) is 49.5 Å². The van der Waals surface area contributed by atoms with Crippen molar-refractivity contribution in [3.63, 3.8) is 0 Å². The van der Waals surface area contributed by atoms with Crippen LogP contribution in [0.25, 0.3) is 5.69 Å². The highest BCUT2D eigenvalue weighted by Gasteiger charge is 2.19. The Morgan fingerprint density at radius 2 is 1.90 bits per heavy atom.